The Balaban J connectivity index is -0.000000702. The Morgan fingerprint density at radius 1 is 0.383 bits per heavy atom. The third-order valence-corrected chi connectivity index (χ3v) is 22.7. The van der Waals surface area contributed by atoms with Gasteiger partial charge in [0.05, 0.1) is 20.7 Å². The van der Waals surface area contributed by atoms with Crippen molar-refractivity contribution in [1.29, 1.82) is 0 Å². The number of carbonyl (C=O) groups is 1. The molecule has 0 bridgehead atoms. The van der Waals surface area contributed by atoms with Crippen LogP contribution in [0.5, 0.6) is 80.5 Å². The summed E-state index contributed by atoms with van der Waals surface area (Å²) in [6, 6.07) is 25.7. The van der Waals surface area contributed by atoms with Gasteiger partial charge in [0.1, 0.15) is 10.1 Å². The van der Waals surface area contributed by atoms with Crippen molar-refractivity contribution in [1.82, 2.24) is 0 Å². The van der Waals surface area contributed by atoms with Crippen molar-refractivity contribution >= 4 is 42.4 Å². The van der Waals surface area contributed by atoms with E-state index in [-0.39, 0.29) is 180 Å². The molecule has 0 unspecified atom stereocenters. The summed E-state index contributed by atoms with van der Waals surface area (Å²) in [5, 5.41) is 136. The molecule has 0 spiro atoms. The number of phenols is 14. The Kier molecular flexibility index (Phi) is 69.5. The van der Waals surface area contributed by atoms with Crippen LogP contribution in [0.25, 0.3) is 0 Å². The largest absolute Gasteiger partial charge is 1.00 e. The van der Waals surface area contributed by atoms with Crippen LogP contribution >= 0.6 is 0 Å². The Bertz CT molecular complexity index is 4530. The molecule has 0 saturated carbocycles. The van der Waals surface area contributed by atoms with Crippen molar-refractivity contribution in [3.63, 3.8) is 0 Å². The molecule has 0 atom stereocenters. The van der Waals surface area contributed by atoms with Crippen LogP contribution in [0.3, 0.4) is 0 Å². The summed E-state index contributed by atoms with van der Waals surface area (Å²) in [7, 11) is -12.3. The molecule has 0 aromatic heterocycles. The smallest absolute Gasteiger partial charge is 0.754 e. The first-order valence-corrected chi connectivity index (χ1v) is 48.1. The molecule has 31 heteroatoms. The van der Waals surface area contributed by atoms with Gasteiger partial charge in [0.25, 0.3) is 0 Å². The summed E-state index contributed by atoms with van der Waals surface area (Å²) in [4.78, 5) is 10.5. The van der Waals surface area contributed by atoms with Crippen LogP contribution in [0.1, 0.15) is 359 Å². The molecule has 0 aliphatic heterocycles. The zero-order valence-electron chi connectivity index (χ0n) is 79.7. The van der Waals surface area contributed by atoms with Crippen molar-refractivity contribution in [2.24, 2.45) is 0 Å². The van der Waals surface area contributed by atoms with Crippen LogP contribution in [0.2, 0.25) is 0 Å². The molecule has 0 aliphatic carbocycles. The molecule has 0 aliphatic rings. The van der Waals surface area contributed by atoms with E-state index in [4.69, 9.17) is 33.1 Å². The molecule has 7 rings (SSSR count). The SMILES string of the molecule is CC(C)c1ccc(C(C)C)c(O)c1O.CCCCCC(C)(C)c1cc(O)c(O)c(C(C)(C)CCCCC)c1.CCCCCCCCC(=O)Nc1cccc(O)c1O.CCCCCCCCc1cc(O)c(O)c(CCCCCCCC)c1.CCCCc1cc(O)c(O)c(CCCC)c1.O=S(=O)([O-])c1c[c-]c(O)c(O)c1.O=S(=O)([O-])c1ccc(O)c(O)c1.O=S(=O)=O.[Na+].[Na+].[Na+]. The zero-order chi connectivity index (χ0) is 95.2. The summed E-state index contributed by atoms with van der Waals surface area (Å²) in [5.74, 6) is -2.18. The molecule has 0 heterocycles. The minimum Gasteiger partial charge on any atom is -0.754 e. The van der Waals surface area contributed by atoms with Crippen molar-refractivity contribution in [3.8, 4) is 80.5 Å². The molecule has 0 fully saturated rings. The van der Waals surface area contributed by atoms with Gasteiger partial charge >= 0.3 is 99.3 Å². The number of hydrogen-bond acceptors (Lipinski definition) is 24. The molecule has 1 amide bonds. The van der Waals surface area contributed by atoms with E-state index in [2.05, 4.69) is 93.6 Å². The van der Waals surface area contributed by atoms with E-state index in [0.717, 1.165) is 147 Å². The van der Waals surface area contributed by atoms with Crippen LogP contribution in [0.15, 0.2) is 107 Å². The number of benzene rings is 7. The van der Waals surface area contributed by atoms with E-state index in [1.165, 1.54) is 140 Å². The fraction of sp³-hybridized carbons (Fsp3) is 0.557. The third-order valence-electron chi connectivity index (χ3n) is 21.0. The Morgan fingerprint density at radius 2 is 0.758 bits per heavy atom. The van der Waals surface area contributed by atoms with Gasteiger partial charge in [0.2, 0.25) is 5.91 Å². The van der Waals surface area contributed by atoms with E-state index in [0.29, 0.717) is 18.6 Å². The number of phenolic OH excluding ortho intramolecular Hbond substituents is 14. The van der Waals surface area contributed by atoms with Crippen LogP contribution < -0.4 is 94.0 Å². The topological polar surface area (TPSA) is 478 Å². The van der Waals surface area contributed by atoms with Crippen molar-refractivity contribution < 1.29 is 204 Å². The first kappa shape index (κ1) is 128. The average molecular weight is 1880 g/mol. The van der Waals surface area contributed by atoms with E-state index < -0.39 is 63.6 Å². The second-order valence-corrected chi connectivity index (χ2v) is 36.6. The maximum Gasteiger partial charge on any atom is 1.00 e. The molecule has 128 heavy (non-hydrogen) atoms. The first-order valence-electron chi connectivity index (χ1n) is 44.3. The molecule has 7 aromatic rings. The second-order valence-electron chi connectivity index (χ2n) is 33.4. The number of aryl methyl sites for hydroxylation is 4. The normalized spacial score (nSPS) is 10.9. The summed E-state index contributed by atoms with van der Waals surface area (Å²) in [5.41, 5.74) is 7.85. The van der Waals surface area contributed by atoms with Gasteiger partial charge in [-0.2, -0.15) is 6.07 Å². The standard InChI is InChI=1S/2C22H38O2.C15H23NO3.C14H22O2.C12H18O2.C6H6O5S.C6H5O5S.3Na.O3S/c1-7-9-11-13-21(3,4)17-15-18(20(24)19(23)16-17)22(5,6)14-12-10-8-2;1-3-5-7-9-11-13-15-19-17-20(22(24)21(23)18-19)16-14-12-10-8-6-4-2;1-2-3-4-5-6-7-11-14(18)16-12-9-8-10-13(17)15(12)19;1-3-5-7-11-9-12(8-6-4-2)14(16)13(15)10-11;1-7(2)9-5-6-10(8(3)4)12(14)11(9)13;2*7-5-2-1-4(3-6(5)8)12(9,10)11;;;;1-4(2)3/h15-16,23-24H,7-14H2,1-6H3;17-18,23-24H,3-16H2,1-2H3;8-10,17,19H,2-7,11H2,1H3,(H,16,18);9-10,15-16H,3-8H2,1-2H3;5-8,13-14H,1-4H3;1-3,7-8H,(H,9,10,11);1,3,7-8H,(H,9,10,11);;;;/q;;;;;;-1;3*+1;/p-2. The number of para-hydroxylation sites is 1. The van der Waals surface area contributed by atoms with Gasteiger partial charge in [0.15, 0.2) is 69.0 Å². The summed E-state index contributed by atoms with van der Waals surface area (Å²) in [6.07, 6.45) is 39.8. The van der Waals surface area contributed by atoms with Gasteiger partial charge in [-0.1, -0.05) is 288 Å². The van der Waals surface area contributed by atoms with Gasteiger partial charge in [-0.15, -0.1) is 24.8 Å². The quantitative estimate of drug-likeness (QED) is 0.00555. The maximum absolute atomic E-state index is 11.7. The van der Waals surface area contributed by atoms with Crippen LogP contribution in [-0.2, 0) is 72.2 Å². The van der Waals surface area contributed by atoms with Gasteiger partial charge in [-0.3, -0.25) is 13.2 Å². The number of hydrogen-bond donors (Lipinski definition) is 15. The van der Waals surface area contributed by atoms with Crippen molar-refractivity contribution in [2.45, 2.75) is 361 Å². The van der Waals surface area contributed by atoms with Gasteiger partial charge in [0, 0.05) is 40.7 Å². The first-order chi connectivity index (χ1) is 58.7. The predicted octanol–water partition coefficient (Wildman–Crippen LogP) is 14.4. The molecule has 7 aromatic carbocycles. The number of aromatic hydroxyl groups is 14. The number of carbonyl (C=O) groups excluding carboxylic acids is 1. The van der Waals surface area contributed by atoms with E-state index in [1.807, 2.05) is 52.0 Å². The van der Waals surface area contributed by atoms with Crippen LogP contribution in [0, 0.1) is 6.07 Å². The minimum absolute atomic E-state index is 0. The van der Waals surface area contributed by atoms with Crippen molar-refractivity contribution in [3.05, 3.63) is 148 Å². The van der Waals surface area contributed by atoms with E-state index in [9.17, 15) is 81.8 Å². The molecular formula is C97H148NNa3O24S3. The number of amides is 1. The molecule has 0 radical (unpaired) electrons. The molecule has 15 N–H and O–H groups in total. The summed E-state index contributed by atoms with van der Waals surface area (Å²) >= 11 is 0. The summed E-state index contributed by atoms with van der Waals surface area (Å²) < 4.78 is 87.4. The van der Waals surface area contributed by atoms with Gasteiger partial charge in [-0.05, 0) is 168 Å². The Hall–Kier alpha value is -6.35. The Morgan fingerprint density at radius 3 is 1.18 bits per heavy atom. The third kappa shape index (κ3) is 52.8. The van der Waals surface area contributed by atoms with E-state index >= 15 is 0 Å². The number of unbranched alkanes of at least 4 members (excludes halogenated alkanes) is 21. The van der Waals surface area contributed by atoms with Crippen molar-refractivity contribution in [2.75, 3.05) is 5.32 Å². The minimum atomic E-state index is -4.59. The number of nitrogens with one attached hydrogen (secondary N) is 1. The molecule has 25 nitrogen and oxygen atoms in total. The molecule has 0 saturated heterocycles. The van der Waals surface area contributed by atoms with Crippen LogP contribution in [-0.4, -0.2) is 116 Å². The predicted molar refractivity (Wildman–Crippen MR) is 493 cm³/mol. The van der Waals surface area contributed by atoms with Crippen LogP contribution in [0.4, 0.5) is 5.69 Å². The average Bonchev–Trinajstić information content (AvgIpc) is 0.761. The monoisotopic (exact) mass is 1880 g/mol. The van der Waals surface area contributed by atoms with E-state index in [1.54, 1.807) is 30.3 Å². The van der Waals surface area contributed by atoms with Gasteiger partial charge < -0.3 is 85.9 Å². The zero-order valence-corrected chi connectivity index (χ0v) is 88.2. The number of anilines is 1. The summed E-state index contributed by atoms with van der Waals surface area (Å²) in [6.45, 7) is 32.1. The molecular weight excluding hydrogens is 1730 g/mol. The fourth-order valence-electron chi connectivity index (χ4n) is 13.3. The fourth-order valence-corrected chi connectivity index (χ4v) is 14.2. The second kappa shape index (κ2) is 69.5. The van der Waals surface area contributed by atoms with Gasteiger partial charge in [-0.25, -0.2) is 8.42 Å². The Labute approximate surface area is 832 Å². The maximum atomic E-state index is 11.7. The molecule has 706 valence electrons. The number of rotatable bonds is 42.